The molecule has 8 heteroatoms. The van der Waals surface area contributed by atoms with Gasteiger partial charge >= 0.3 is 12.0 Å². The van der Waals surface area contributed by atoms with Gasteiger partial charge in [-0.05, 0) is 12.8 Å². The summed E-state index contributed by atoms with van der Waals surface area (Å²) in [6.07, 6.45) is 4.01. The molecule has 2 amide bonds. The molecule has 0 bridgehead atoms. The molecule has 0 aromatic rings. The lowest BCUT2D eigenvalue weighted by Crippen LogP contribution is -2.47. The molecular formula is C12H18N2O5S. The van der Waals surface area contributed by atoms with Gasteiger partial charge in [-0.1, -0.05) is 12.2 Å². The highest BCUT2D eigenvalue weighted by molar-refractivity contribution is 7.91. The van der Waals surface area contributed by atoms with Crippen molar-refractivity contribution in [2.24, 2.45) is 5.92 Å². The lowest BCUT2D eigenvalue weighted by Gasteiger charge is -2.25. The molecule has 1 aliphatic heterocycles. The number of hydrogen-bond donors (Lipinski definition) is 2. The summed E-state index contributed by atoms with van der Waals surface area (Å²) in [5, 5.41) is 11.6. The summed E-state index contributed by atoms with van der Waals surface area (Å²) in [5.74, 6) is -1.37. The number of aliphatic carboxylic acids is 1. The van der Waals surface area contributed by atoms with Crippen LogP contribution in [-0.4, -0.2) is 61.1 Å². The molecule has 1 heterocycles. The van der Waals surface area contributed by atoms with E-state index in [1.54, 1.807) is 19.2 Å². The zero-order valence-electron chi connectivity index (χ0n) is 11.2. The van der Waals surface area contributed by atoms with Crippen LogP contribution in [0.15, 0.2) is 12.2 Å². The third-order valence-electron chi connectivity index (χ3n) is 3.79. The summed E-state index contributed by atoms with van der Waals surface area (Å²) in [4.78, 5) is 24.2. The van der Waals surface area contributed by atoms with Crippen molar-refractivity contribution in [2.75, 3.05) is 18.6 Å². The van der Waals surface area contributed by atoms with Crippen molar-refractivity contribution in [3.63, 3.8) is 0 Å². The van der Waals surface area contributed by atoms with Gasteiger partial charge in [-0.25, -0.2) is 13.2 Å². The van der Waals surface area contributed by atoms with Gasteiger partial charge in [0.05, 0.1) is 23.5 Å². The number of carboxylic acids is 1. The van der Waals surface area contributed by atoms with Gasteiger partial charge in [-0.15, -0.1) is 0 Å². The zero-order chi connectivity index (χ0) is 14.9. The topological polar surface area (TPSA) is 104 Å². The molecule has 0 aromatic heterocycles. The molecule has 2 N–H and O–H groups in total. The fourth-order valence-electron chi connectivity index (χ4n) is 2.50. The molecule has 0 spiro atoms. The zero-order valence-corrected chi connectivity index (χ0v) is 12.0. The summed E-state index contributed by atoms with van der Waals surface area (Å²) < 4.78 is 22.8. The van der Waals surface area contributed by atoms with Crippen molar-refractivity contribution in [2.45, 2.75) is 24.9 Å². The monoisotopic (exact) mass is 302 g/mol. The van der Waals surface area contributed by atoms with Crippen LogP contribution in [0.4, 0.5) is 4.79 Å². The second-order valence-corrected chi connectivity index (χ2v) is 7.52. The number of amides is 2. The highest BCUT2D eigenvalue weighted by Crippen LogP contribution is 2.20. The largest absolute Gasteiger partial charge is 0.481 e. The number of carbonyl (C=O) groups is 2. The normalized spacial score (nSPS) is 31.1. The fraction of sp³-hybridized carbons (Fsp3) is 0.667. The number of urea groups is 1. The molecule has 0 saturated carbocycles. The Hall–Kier alpha value is -1.57. The molecule has 20 heavy (non-hydrogen) atoms. The summed E-state index contributed by atoms with van der Waals surface area (Å²) in [6.45, 7) is 0. The summed E-state index contributed by atoms with van der Waals surface area (Å²) in [7, 11) is -1.47. The number of carbonyl (C=O) groups excluding carboxylic acids is 1. The van der Waals surface area contributed by atoms with Crippen molar-refractivity contribution in [1.82, 2.24) is 10.2 Å². The number of nitrogens with one attached hydrogen (secondary N) is 1. The number of carboxylic acid groups (broad SMARTS) is 1. The van der Waals surface area contributed by atoms with E-state index in [0.717, 1.165) is 0 Å². The van der Waals surface area contributed by atoms with E-state index in [-0.39, 0.29) is 29.6 Å². The first-order valence-electron chi connectivity index (χ1n) is 6.43. The third kappa shape index (κ3) is 3.30. The first-order chi connectivity index (χ1) is 9.28. The van der Waals surface area contributed by atoms with Gasteiger partial charge in [0, 0.05) is 13.1 Å². The Morgan fingerprint density at radius 3 is 2.55 bits per heavy atom. The molecule has 2 aliphatic rings. The van der Waals surface area contributed by atoms with Gasteiger partial charge in [0.1, 0.15) is 0 Å². The van der Waals surface area contributed by atoms with E-state index < -0.39 is 21.7 Å². The van der Waals surface area contributed by atoms with Gasteiger partial charge in [-0.3, -0.25) is 4.79 Å². The number of rotatable bonds is 3. The second kappa shape index (κ2) is 5.43. The van der Waals surface area contributed by atoms with Crippen LogP contribution < -0.4 is 5.32 Å². The molecule has 7 nitrogen and oxygen atoms in total. The Labute approximate surface area is 117 Å². The lowest BCUT2D eigenvalue weighted by atomic mass is 10.1. The van der Waals surface area contributed by atoms with Crippen molar-refractivity contribution in [3.8, 4) is 0 Å². The Bertz CT molecular complexity index is 542. The van der Waals surface area contributed by atoms with E-state index in [1.165, 1.54) is 4.90 Å². The van der Waals surface area contributed by atoms with E-state index >= 15 is 0 Å². The van der Waals surface area contributed by atoms with E-state index in [2.05, 4.69) is 5.32 Å². The van der Waals surface area contributed by atoms with Crippen LogP contribution in [0.1, 0.15) is 12.8 Å². The highest BCUT2D eigenvalue weighted by Gasteiger charge is 2.34. The SMILES string of the molecule is CN(C(=O)NC1C=CC(C(=O)O)C1)C1CCS(=O)(=O)C1. The van der Waals surface area contributed by atoms with Crippen LogP contribution in [0, 0.1) is 5.92 Å². The van der Waals surface area contributed by atoms with Crippen molar-refractivity contribution in [3.05, 3.63) is 12.2 Å². The Morgan fingerprint density at radius 2 is 2.05 bits per heavy atom. The number of sulfone groups is 1. The van der Waals surface area contributed by atoms with E-state index in [4.69, 9.17) is 5.11 Å². The maximum Gasteiger partial charge on any atom is 0.317 e. The molecule has 3 unspecified atom stereocenters. The highest BCUT2D eigenvalue weighted by atomic mass is 32.2. The Morgan fingerprint density at radius 1 is 1.35 bits per heavy atom. The Balaban J connectivity index is 1.87. The first-order valence-corrected chi connectivity index (χ1v) is 8.25. The maximum atomic E-state index is 12.0. The van der Waals surface area contributed by atoms with E-state index in [9.17, 15) is 18.0 Å². The van der Waals surface area contributed by atoms with Crippen molar-refractivity contribution in [1.29, 1.82) is 0 Å². The molecule has 0 radical (unpaired) electrons. The summed E-state index contributed by atoms with van der Waals surface area (Å²) >= 11 is 0. The van der Waals surface area contributed by atoms with Gasteiger partial charge in [-0.2, -0.15) is 0 Å². The maximum absolute atomic E-state index is 12.0. The van der Waals surface area contributed by atoms with Crippen LogP contribution in [-0.2, 0) is 14.6 Å². The summed E-state index contributed by atoms with van der Waals surface area (Å²) in [5.41, 5.74) is 0. The lowest BCUT2D eigenvalue weighted by molar-refractivity contribution is -0.140. The minimum Gasteiger partial charge on any atom is -0.481 e. The van der Waals surface area contributed by atoms with Crippen molar-refractivity contribution >= 4 is 21.8 Å². The predicted molar refractivity (Wildman–Crippen MR) is 72.0 cm³/mol. The smallest absolute Gasteiger partial charge is 0.317 e. The van der Waals surface area contributed by atoms with Crippen LogP contribution in [0.25, 0.3) is 0 Å². The number of nitrogens with zero attached hydrogens (tertiary/aromatic N) is 1. The van der Waals surface area contributed by atoms with Crippen LogP contribution in [0.2, 0.25) is 0 Å². The van der Waals surface area contributed by atoms with Gasteiger partial charge in [0.2, 0.25) is 0 Å². The minimum absolute atomic E-state index is 0.00478. The second-order valence-electron chi connectivity index (χ2n) is 5.29. The van der Waals surface area contributed by atoms with Crippen LogP contribution >= 0.6 is 0 Å². The standard InChI is InChI=1S/C12H18N2O5S/c1-14(10-4-5-20(18,19)7-10)12(17)13-9-3-2-8(6-9)11(15)16/h2-3,8-10H,4-7H2,1H3,(H,13,17)(H,15,16). The van der Waals surface area contributed by atoms with Crippen LogP contribution in [0.5, 0.6) is 0 Å². The van der Waals surface area contributed by atoms with Gasteiger partial charge in [0.25, 0.3) is 0 Å². The van der Waals surface area contributed by atoms with E-state index in [0.29, 0.717) is 12.8 Å². The average molecular weight is 302 g/mol. The summed E-state index contributed by atoms with van der Waals surface area (Å²) in [6, 6.07) is -0.988. The molecule has 2 rings (SSSR count). The Kier molecular flexibility index (Phi) is 4.03. The first kappa shape index (κ1) is 14.8. The van der Waals surface area contributed by atoms with Crippen LogP contribution in [0.3, 0.4) is 0 Å². The predicted octanol–water partition coefficient (Wildman–Crippen LogP) is -0.156. The molecule has 3 atom stereocenters. The van der Waals surface area contributed by atoms with Gasteiger partial charge in [0.15, 0.2) is 9.84 Å². The molecular weight excluding hydrogens is 284 g/mol. The fourth-order valence-corrected chi connectivity index (χ4v) is 4.27. The molecule has 112 valence electrons. The van der Waals surface area contributed by atoms with Crippen molar-refractivity contribution < 1.29 is 23.1 Å². The molecule has 1 fully saturated rings. The molecule has 0 aromatic carbocycles. The molecule has 1 aliphatic carbocycles. The van der Waals surface area contributed by atoms with E-state index in [1.807, 2.05) is 0 Å². The molecule has 1 saturated heterocycles. The number of hydrogen-bond acceptors (Lipinski definition) is 4. The average Bonchev–Trinajstić information content (AvgIpc) is 2.94. The quantitative estimate of drug-likeness (QED) is 0.705. The minimum atomic E-state index is -3.03. The third-order valence-corrected chi connectivity index (χ3v) is 5.54. The van der Waals surface area contributed by atoms with Gasteiger partial charge < -0.3 is 15.3 Å².